The molecule has 0 saturated heterocycles. The maximum atomic E-state index is 13.6. The van der Waals surface area contributed by atoms with Crippen molar-refractivity contribution in [2.24, 2.45) is 0 Å². The molecule has 1 aromatic carbocycles. The Kier molecular flexibility index (Phi) is 3.83. The molecular weight excluding hydrogens is 195 g/mol. The first-order chi connectivity index (χ1) is 7.04. The van der Waals surface area contributed by atoms with Gasteiger partial charge in [0, 0.05) is 12.0 Å². The monoisotopic (exact) mass is 210 g/mol. The van der Waals surface area contributed by atoms with Gasteiger partial charge in [-0.3, -0.25) is 0 Å². The number of ether oxygens (including phenoxy) is 1. The van der Waals surface area contributed by atoms with Gasteiger partial charge in [-0.25, -0.2) is 4.39 Å². The maximum absolute atomic E-state index is 13.6. The molecule has 0 aromatic heterocycles. The van der Waals surface area contributed by atoms with Gasteiger partial charge in [-0.1, -0.05) is 6.07 Å². The van der Waals surface area contributed by atoms with Crippen LogP contribution >= 0.6 is 0 Å². The fourth-order valence-corrected chi connectivity index (χ4v) is 1.41. The molecule has 0 N–H and O–H groups in total. The van der Waals surface area contributed by atoms with Gasteiger partial charge in [-0.05, 0) is 32.4 Å². The lowest BCUT2D eigenvalue weighted by Gasteiger charge is -2.14. The minimum absolute atomic E-state index is 0.104. The lowest BCUT2D eigenvalue weighted by Crippen LogP contribution is -2.09. The number of rotatable bonds is 4. The van der Waals surface area contributed by atoms with E-state index in [0.717, 1.165) is 11.8 Å². The van der Waals surface area contributed by atoms with E-state index in [1.165, 1.54) is 6.07 Å². The van der Waals surface area contributed by atoms with Gasteiger partial charge in [-0.15, -0.1) is 0 Å². The summed E-state index contributed by atoms with van der Waals surface area (Å²) in [6, 6.07) is 3.18. The molecule has 0 aliphatic heterocycles. The van der Waals surface area contributed by atoms with Crippen LogP contribution < -0.4 is 4.74 Å². The van der Waals surface area contributed by atoms with Crippen molar-refractivity contribution in [2.75, 3.05) is 0 Å². The summed E-state index contributed by atoms with van der Waals surface area (Å²) in [5, 5.41) is 0. The quantitative estimate of drug-likeness (QED) is 0.714. The van der Waals surface area contributed by atoms with Crippen LogP contribution in [0.2, 0.25) is 0 Å². The van der Waals surface area contributed by atoms with Crippen molar-refractivity contribution in [1.82, 2.24) is 0 Å². The summed E-state index contributed by atoms with van der Waals surface area (Å²) in [4.78, 5) is 10.5. The Hall–Kier alpha value is -1.38. The van der Waals surface area contributed by atoms with E-state index < -0.39 is 5.82 Å². The summed E-state index contributed by atoms with van der Waals surface area (Å²) in [6.07, 6.45) is 0.829. The number of halogens is 1. The molecule has 82 valence electrons. The van der Waals surface area contributed by atoms with Gasteiger partial charge < -0.3 is 9.53 Å². The molecule has 0 aliphatic carbocycles. The molecule has 0 bridgehead atoms. The van der Waals surface area contributed by atoms with Gasteiger partial charge in [0.25, 0.3) is 0 Å². The second kappa shape index (κ2) is 4.91. The minimum Gasteiger partial charge on any atom is -0.488 e. The molecule has 0 aliphatic rings. The van der Waals surface area contributed by atoms with Gasteiger partial charge in [0.1, 0.15) is 6.29 Å². The van der Waals surface area contributed by atoms with Crippen molar-refractivity contribution in [1.29, 1.82) is 0 Å². The van der Waals surface area contributed by atoms with Gasteiger partial charge in [-0.2, -0.15) is 0 Å². The summed E-state index contributed by atoms with van der Waals surface area (Å²) in [6.45, 7) is 5.44. The molecule has 2 nitrogen and oxygen atoms in total. The van der Waals surface area contributed by atoms with Gasteiger partial charge in [0.15, 0.2) is 11.6 Å². The van der Waals surface area contributed by atoms with E-state index >= 15 is 0 Å². The summed E-state index contributed by atoms with van der Waals surface area (Å²) in [7, 11) is 0. The highest BCUT2D eigenvalue weighted by atomic mass is 19.1. The van der Waals surface area contributed by atoms with Crippen LogP contribution in [0.4, 0.5) is 4.39 Å². The summed E-state index contributed by atoms with van der Waals surface area (Å²) in [5.74, 6) is -0.205. The number of carbonyl (C=O) groups is 1. The number of hydrogen-bond acceptors (Lipinski definition) is 2. The first-order valence-electron chi connectivity index (χ1n) is 4.94. The predicted molar refractivity (Wildman–Crippen MR) is 56.7 cm³/mol. The highest BCUT2D eigenvalue weighted by Gasteiger charge is 2.12. The van der Waals surface area contributed by atoms with E-state index in [9.17, 15) is 9.18 Å². The normalized spacial score (nSPS) is 10.5. The molecule has 15 heavy (non-hydrogen) atoms. The Bertz CT molecular complexity index is 359. The molecule has 0 saturated carbocycles. The van der Waals surface area contributed by atoms with Crippen LogP contribution in [0.15, 0.2) is 12.1 Å². The van der Waals surface area contributed by atoms with Crippen LogP contribution in [-0.2, 0) is 11.2 Å². The number of benzene rings is 1. The Labute approximate surface area is 89.1 Å². The topological polar surface area (TPSA) is 26.3 Å². The van der Waals surface area contributed by atoms with Crippen LogP contribution in [0.5, 0.6) is 5.75 Å². The molecule has 3 heteroatoms. The second-order valence-corrected chi connectivity index (χ2v) is 3.77. The third-order valence-electron chi connectivity index (χ3n) is 1.92. The molecule has 0 amide bonds. The number of hydrogen-bond donors (Lipinski definition) is 0. The van der Waals surface area contributed by atoms with Gasteiger partial charge in [0.05, 0.1) is 6.10 Å². The third kappa shape index (κ3) is 3.05. The lowest BCUT2D eigenvalue weighted by molar-refractivity contribution is -0.107. The van der Waals surface area contributed by atoms with Crippen LogP contribution in [0.3, 0.4) is 0 Å². The van der Waals surface area contributed by atoms with Crippen molar-refractivity contribution >= 4 is 6.29 Å². The summed E-state index contributed by atoms with van der Waals surface area (Å²) >= 11 is 0. The largest absolute Gasteiger partial charge is 0.488 e. The fraction of sp³-hybridized carbons (Fsp3) is 0.417. The van der Waals surface area contributed by atoms with Crippen LogP contribution in [0.1, 0.15) is 25.0 Å². The van der Waals surface area contributed by atoms with E-state index in [2.05, 4.69) is 0 Å². The smallest absolute Gasteiger partial charge is 0.165 e. The molecular formula is C12H15FO2. The van der Waals surface area contributed by atoms with Crippen LogP contribution in [-0.4, -0.2) is 12.4 Å². The number of aldehydes is 1. The lowest BCUT2D eigenvalue weighted by atomic mass is 10.1. The molecule has 0 fully saturated rings. The Balaban J connectivity index is 3.13. The predicted octanol–water partition coefficient (Wildman–Crippen LogP) is 2.66. The molecule has 0 heterocycles. The third-order valence-corrected chi connectivity index (χ3v) is 1.92. The van der Waals surface area contributed by atoms with Crippen molar-refractivity contribution < 1.29 is 13.9 Å². The van der Waals surface area contributed by atoms with Crippen LogP contribution in [0, 0.1) is 12.7 Å². The molecule has 0 unspecified atom stereocenters. The minimum atomic E-state index is -0.402. The first kappa shape index (κ1) is 11.7. The fourth-order valence-electron chi connectivity index (χ4n) is 1.41. The Morgan fingerprint density at radius 3 is 2.67 bits per heavy atom. The van der Waals surface area contributed by atoms with E-state index in [1.54, 1.807) is 13.0 Å². The highest BCUT2D eigenvalue weighted by Crippen LogP contribution is 2.25. The average Bonchev–Trinajstić information content (AvgIpc) is 2.11. The van der Waals surface area contributed by atoms with Gasteiger partial charge >= 0.3 is 0 Å². The molecule has 0 spiro atoms. The van der Waals surface area contributed by atoms with E-state index in [1.807, 2.05) is 13.8 Å². The zero-order valence-corrected chi connectivity index (χ0v) is 9.21. The van der Waals surface area contributed by atoms with E-state index in [4.69, 9.17) is 4.74 Å². The molecule has 1 aromatic rings. The average molecular weight is 210 g/mol. The molecule has 1 rings (SSSR count). The summed E-state index contributed by atoms with van der Waals surface area (Å²) in [5.41, 5.74) is 1.40. The number of aryl methyl sites for hydroxylation is 1. The Morgan fingerprint density at radius 2 is 2.13 bits per heavy atom. The maximum Gasteiger partial charge on any atom is 0.165 e. The van der Waals surface area contributed by atoms with E-state index in [0.29, 0.717) is 5.56 Å². The number of carbonyl (C=O) groups excluding carboxylic acids is 1. The van der Waals surface area contributed by atoms with Crippen LogP contribution in [0.25, 0.3) is 0 Å². The van der Waals surface area contributed by atoms with Crippen molar-refractivity contribution in [3.63, 3.8) is 0 Å². The van der Waals surface area contributed by atoms with Crippen molar-refractivity contribution in [2.45, 2.75) is 33.3 Å². The summed E-state index contributed by atoms with van der Waals surface area (Å²) < 4.78 is 18.9. The first-order valence-corrected chi connectivity index (χ1v) is 4.94. The highest BCUT2D eigenvalue weighted by molar-refractivity contribution is 5.58. The standard InChI is InChI=1S/C12H15FO2/c1-8(2)15-12-10(4-5-14)6-9(3)7-11(12)13/h5-8H,4H2,1-3H3. The SMILES string of the molecule is Cc1cc(F)c(OC(C)C)c(CC=O)c1. The molecule has 0 radical (unpaired) electrons. The molecule has 0 atom stereocenters. The second-order valence-electron chi connectivity index (χ2n) is 3.77. The van der Waals surface area contributed by atoms with Crippen molar-refractivity contribution in [3.8, 4) is 5.75 Å². The van der Waals surface area contributed by atoms with E-state index in [-0.39, 0.29) is 18.3 Å². The zero-order valence-electron chi connectivity index (χ0n) is 9.21. The van der Waals surface area contributed by atoms with Crippen molar-refractivity contribution in [3.05, 3.63) is 29.1 Å². The van der Waals surface area contributed by atoms with Gasteiger partial charge in [0.2, 0.25) is 0 Å². The zero-order chi connectivity index (χ0) is 11.4. The Morgan fingerprint density at radius 1 is 1.47 bits per heavy atom.